The van der Waals surface area contributed by atoms with E-state index >= 15 is 0 Å². The van der Waals surface area contributed by atoms with Gasteiger partial charge in [-0.2, -0.15) is 0 Å². The lowest BCUT2D eigenvalue weighted by Crippen LogP contribution is -1.85. The second kappa shape index (κ2) is 64.3. The van der Waals surface area contributed by atoms with Crippen molar-refractivity contribution >= 4 is 215 Å². The number of hydrogen-bond acceptors (Lipinski definition) is 0. The quantitative estimate of drug-likeness (QED) is 0.105. The van der Waals surface area contributed by atoms with E-state index in [1.54, 1.807) is 0 Å². The van der Waals surface area contributed by atoms with Crippen LogP contribution in [-0.2, 0) is 0 Å². The molecule has 0 atom stereocenters. The molecule has 0 aromatic heterocycles. The largest absolute Gasteiger partial charge is 0.0683 e. The molecule has 146 heavy (non-hydrogen) atoms. The fourth-order valence-corrected chi connectivity index (χ4v) is 18.3. The van der Waals surface area contributed by atoms with Crippen LogP contribution in [0.2, 0.25) is 0 Å². The maximum absolute atomic E-state index is 2.27. The third-order valence-corrected chi connectivity index (χ3v) is 23.9. The molecule has 0 fully saturated rings. The SMILES string of the molecule is CC.CC.CC.CC.CC.CC.CC.CC.CC.CC.CC.CC.CC.CC.c1cc2ccc3cccc4ccc(c1)c2c34.c1cc2cccc3c4cccc5cccc(c(c1)c23)c54.c1ccc2c(c1)ccc1c3ccccc3ccc21.c1ccc2c(c1)ccc1ccc3ccccc3c12.c1ccc2c(c1)ccc1ccccc12.c1ccc2cc3cc4ccccc4cc3cc2c1.c1ccc2cc3ccccc3cc2c1. The summed E-state index contributed by atoms with van der Waals surface area (Å²) in [5.41, 5.74) is 0. The first-order valence-corrected chi connectivity index (χ1v) is 54.8. The maximum Gasteiger partial charge on any atom is -0.00264 e. The van der Waals surface area contributed by atoms with Crippen molar-refractivity contribution in [3.63, 3.8) is 0 Å². The molecular formula is C146H162. The molecule has 0 radical (unpaired) electrons. The third kappa shape index (κ3) is 28.0. The molecule has 0 heterocycles. The fourth-order valence-electron chi connectivity index (χ4n) is 18.3. The van der Waals surface area contributed by atoms with Crippen molar-refractivity contribution in [2.45, 2.75) is 194 Å². The molecule has 0 aliphatic heterocycles. The predicted molar refractivity (Wildman–Crippen MR) is 676 cm³/mol. The topological polar surface area (TPSA) is 0 Å². The molecule has 0 bridgehead atoms. The van der Waals surface area contributed by atoms with Crippen LogP contribution in [0.25, 0.3) is 215 Å². The highest BCUT2D eigenvalue weighted by molar-refractivity contribution is 6.33. The molecule has 0 unspecified atom stereocenters. The van der Waals surface area contributed by atoms with Gasteiger partial charge in [0.2, 0.25) is 0 Å². The van der Waals surface area contributed by atoms with Gasteiger partial charge in [-0.05, 0) is 252 Å². The highest BCUT2D eigenvalue weighted by Crippen LogP contribution is 2.42. The lowest BCUT2D eigenvalue weighted by molar-refractivity contribution is 1.50. The van der Waals surface area contributed by atoms with Crippen LogP contribution in [0.5, 0.6) is 0 Å². The number of benzene rings is 27. The van der Waals surface area contributed by atoms with Crippen LogP contribution >= 0.6 is 0 Å². The normalized spacial score (nSPS) is 9.78. The summed E-state index contributed by atoms with van der Waals surface area (Å²) in [6.45, 7) is 56.0. The lowest BCUT2D eigenvalue weighted by Gasteiger charge is -2.13. The van der Waals surface area contributed by atoms with E-state index in [9.17, 15) is 0 Å². The Bertz CT molecular complexity index is 7680. The van der Waals surface area contributed by atoms with Crippen LogP contribution in [0.3, 0.4) is 0 Å². The smallest absolute Gasteiger partial charge is 0.00264 e. The zero-order valence-electron chi connectivity index (χ0n) is 93.0. The van der Waals surface area contributed by atoms with Gasteiger partial charge in [0, 0.05) is 0 Å². The third-order valence-electron chi connectivity index (χ3n) is 23.9. The predicted octanol–water partition coefficient (Wildman–Crippen LogP) is 48.1. The average molecular weight is 1920 g/mol. The first-order chi connectivity index (χ1) is 72.5. The van der Waals surface area contributed by atoms with E-state index in [1.165, 1.54) is 215 Å². The summed E-state index contributed by atoms with van der Waals surface area (Å²) in [5, 5.41) is 53.4. The van der Waals surface area contributed by atoms with E-state index in [1.807, 2.05) is 194 Å². The molecule has 0 amide bonds. The standard InChI is InChI=1S/C20H12.3C18H12.C16H10.2C14H10.14C2H6/c1-5-13-6-2-11-17-18-12-4-8-14-7-3-10-16(20(14)18)15(9-1)19(13)17;1-3-7-16-13(5-1)9-11-15-12-10-14-6-2-4-8-17(14)18(15)16;1-3-7-15-13(5-1)9-11-18-16-8-4-2-6-14(16)10-12-17(15)18;1-2-6-14-10-18-12-16-8-4-3-7-15(16)11-17(18)9-13(14)5-1;1-3-11-7-9-13-5-2-6-14-10-8-12(4-1)15(11)16(13)14;1-3-7-13-11(5-1)9-10-12-6-2-4-8-14(12)13;1-2-6-12-10-14-8-4-3-7-13(14)9-11(12)5-1;14*1-2/h1-12H;3*1-12H;1-10H;2*1-10H;14*1-2H3. The summed E-state index contributed by atoms with van der Waals surface area (Å²) in [7, 11) is 0. The Hall–Kier alpha value is -15.3. The molecule has 746 valence electrons. The Morgan fingerprint density at radius 1 is 0.0685 bits per heavy atom. The molecule has 0 N–H and O–H groups in total. The van der Waals surface area contributed by atoms with Gasteiger partial charge in [0.05, 0.1) is 0 Å². The minimum Gasteiger partial charge on any atom is -0.0683 e. The van der Waals surface area contributed by atoms with E-state index in [0.717, 1.165) is 0 Å². The van der Waals surface area contributed by atoms with E-state index < -0.39 is 0 Å². The maximum atomic E-state index is 2.27. The molecule has 0 saturated heterocycles. The molecule has 0 heteroatoms. The molecule has 27 aromatic carbocycles. The van der Waals surface area contributed by atoms with Crippen molar-refractivity contribution < 1.29 is 0 Å². The van der Waals surface area contributed by atoms with Gasteiger partial charge < -0.3 is 0 Å². The summed E-state index contributed by atoms with van der Waals surface area (Å²) in [5.74, 6) is 0. The van der Waals surface area contributed by atoms with Gasteiger partial charge in [0.15, 0.2) is 0 Å². The molecular weight excluding hydrogens is 1750 g/mol. The Morgan fingerprint density at radius 2 is 0.185 bits per heavy atom. The summed E-state index contributed by atoms with van der Waals surface area (Å²) < 4.78 is 0. The zero-order valence-corrected chi connectivity index (χ0v) is 93.0. The molecule has 0 nitrogen and oxygen atoms in total. The van der Waals surface area contributed by atoms with Crippen LogP contribution in [0.1, 0.15) is 194 Å². The molecule has 27 aromatic rings. The highest BCUT2D eigenvalue weighted by atomic mass is 14.2. The van der Waals surface area contributed by atoms with E-state index in [2.05, 4.69) is 473 Å². The first kappa shape index (κ1) is 118. The lowest BCUT2D eigenvalue weighted by atomic mass is 9.90. The zero-order chi connectivity index (χ0) is 106. The van der Waals surface area contributed by atoms with Gasteiger partial charge in [-0.15, -0.1) is 0 Å². The second-order valence-electron chi connectivity index (χ2n) is 30.8. The minimum absolute atomic E-state index is 1.31. The Kier molecular flexibility index (Phi) is 51.8. The van der Waals surface area contributed by atoms with Gasteiger partial charge in [0.1, 0.15) is 0 Å². The summed E-state index contributed by atoms with van der Waals surface area (Å²) >= 11 is 0. The number of rotatable bonds is 0. The minimum atomic E-state index is 1.31. The summed E-state index contributed by atoms with van der Waals surface area (Å²) in [6, 6.07) is 169. The van der Waals surface area contributed by atoms with Crippen molar-refractivity contribution in [2.24, 2.45) is 0 Å². The van der Waals surface area contributed by atoms with Crippen molar-refractivity contribution in [1.29, 1.82) is 0 Å². The van der Waals surface area contributed by atoms with Crippen LogP contribution in [0.4, 0.5) is 0 Å². The van der Waals surface area contributed by atoms with Gasteiger partial charge in [-0.25, -0.2) is 0 Å². The van der Waals surface area contributed by atoms with Crippen LogP contribution in [0.15, 0.2) is 473 Å². The van der Waals surface area contributed by atoms with Crippen molar-refractivity contribution in [3.05, 3.63) is 473 Å². The Balaban J connectivity index is 0.000000222. The highest BCUT2D eigenvalue weighted by Gasteiger charge is 2.14. The molecule has 27 rings (SSSR count). The average Bonchev–Trinajstić information content (AvgIpc) is 0.728. The van der Waals surface area contributed by atoms with E-state index in [0.29, 0.717) is 0 Å². The van der Waals surface area contributed by atoms with Crippen molar-refractivity contribution in [1.82, 2.24) is 0 Å². The molecule has 0 saturated carbocycles. The van der Waals surface area contributed by atoms with Crippen LogP contribution in [0, 0.1) is 0 Å². The summed E-state index contributed by atoms with van der Waals surface area (Å²) in [4.78, 5) is 0. The van der Waals surface area contributed by atoms with Crippen molar-refractivity contribution in [2.75, 3.05) is 0 Å². The van der Waals surface area contributed by atoms with E-state index in [4.69, 9.17) is 0 Å². The number of hydrogen-bond donors (Lipinski definition) is 0. The van der Waals surface area contributed by atoms with Crippen molar-refractivity contribution in [3.8, 4) is 0 Å². The van der Waals surface area contributed by atoms with Crippen LogP contribution in [-0.4, -0.2) is 0 Å². The van der Waals surface area contributed by atoms with Gasteiger partial charge in [0.25, 0.3) is 0 Å². The van der Waals surface area contributed by atoms with Gasteiger partial charge in [-0.3, -0.25) is 0 Å². The summed E-state index contributed by atoms with van der Waals surface area (Å²) in [6.07, 6.45) is 0. The van der Waals surface area contributed by atoms with E-state index in [-0.39, 0.29) is 0 Å². The first-order valence-electron chi connectivity index (χ1n) is 54.8. The second-order valence-corrected chi connectivity index (χ2v) is 30.8. The number of fused-ring (bicyclic) bond motifs is 20. The fraction of sp³-hybridized carbons (Fsp3) is 0.192. The molecule has 0 spiro atoms. The van der Waals surface area contributed by atoms with Gasteiger partial charge >= 0.3 is 0 Å². The molecule has 0 aliphatic carbocycles. The Morgan fingerprint density at radius 3 is 0.397 bits per heavy atom. The van der Waals surface area contributed by atoms with Crippen LogP contribution < -0.4 is 0 Å². The molecule has 0 aliphatic rings. The monoisotopic (exact) mass is 1920 g/mol. The van der Waals surface area contributed by atoms with Gasteiger partial charge in [-0.1, -0.05) is 631 Å². The Labute approximate surface area is 876 Å².